The predicted molar refractivity (Wildman–Crippen MR) is 118 cm³/mol. The van der Waals surface area contributed by atoms with E-state index in [1.54, 1.807) is 29.0 Å². The minimum absolute atomic E-state index is 0.0765. The summed E-state index contributed by atoms with van der Waals surface area (Å²) in [6.45, 7) is 1.97. The molecule has 3 aromatic heterocycles. The highest BCUT2D eigenvalue weighted by atomic mass is 16.5. The number of H-pyrrole nitrogens is 1. The van der Waals surface area contributed by atoms with Crippen molar-refractivity contribution in [2.24, 2.45) is 0 Å². The molecular weight excluding hydrogens is 410 g/mol. The average molecular weight is 427 g/mol. The lowest BCUT2D eigenvalue weighted by Crippen LogP contribution is -2.18. The first-order valence-electron chi connectivity index (χ1n) is 9.74. The Morgan fingerprint density at radius 2 is 1.97 bits per heavy atom. The van der Waals surface area contributed by atoms with Gasteiger partial charge in [-0.1, -0.05) is 12.1 Å². The number of aromatic amines is 1. The van der Waals surface area contributed by atoms with Gasteiger partial charge in [0.15, 0.2) is 0 Å². The van der Waals surface area contributed by atoms with Gasteiger partial charge in [-0.05, 0) is 55.0 Å². The van der Waals surface area contributed by atoms with Crippen molar-refractivity contribution >= 4 is 22.6 Å². The molecule has 1 amide bonds. The van der Waals surface area contributed by atoms with Crippen LogP contribution in [0.3, 0.4) is 0 Å². The summed E-state index contributed by atoms with van der Waals surface area (Å²) in [4.78, 5) is 28.0. The van der Waals surface area contributed by atoms with E-state index < -0.39 is 5.76 Å². The molecule has 32 heavy (non-hydrogen) atoms. The van der Waals surface area contributed by atoms with E-state index in [2.05, 4.69) is 20.5 Å². The maximum absolute atomic E-state index is 12.7. The molecule has 0 atom stereocenters. The zero-order chi connectivity index (χ0) is 22.1. The van der Waals surface area contributed by atoms with Crippen molar-refractivity contribution in [3.63, 3.8) is 0 Å². The van der Waals surface area contributed by atoms with E-state index in [-0.39, 0.29) is 11.9 Å². The Balaban J connectivity index is 1.37. The topological polar surface area (TPSA) is 115 Å². The third-order valence-corrected chi connectivity index (χ3v) is 4.77. The fourth-order valence-electron chi connectivity index (χ4n) is 3.33. The number of carbonyl (C=O) groups excluding carboxylic acids is 1. The van der Waals surface area contributed by atoms with Gasteiger partial charge >= 0.3 is 11.8 Å². The molecule has 0 radical (unpaired) electrons. The fourth-order valence-corrected chi connectivity index (χ4v) is 3.33. The highest BCUT2D eigenvalue weighted by Crippen LogP contribution is 2.28. The molecule has 0 aliphatic heterocycles. The van der Waals surface area contributed by atoms with Gasteiger partial charge in [0.1, 0.15) is 17.2 Å². The lowest BCUT2D eigenvalue weighted by atomic mass is 10.2. The van der Waals surface area contributed by atoms with E-state index in [1.165, 1.54) is 6.20 Å². The summed E-state index contributed by atoms with van der Waals surface area (Å²) in [6.07, 6.45) is 3.24. The van der Waals surface area contributed by atoms with E-state index in [9.17, 15) is 9.59 Å². The normalized spacial score (nSPS) is 10.9. The molecule has 5 aromatic rings. The molecule has 5 rings (SSSR count). The largest absolute Gasteiger partial charge is 0.457 e. The van der Waals surface area contributed by atoms with Gasteiger partial charge < -0.3 is 14.5 Å². The van der Waals surface area contributed by atoms with Gasteiger partial charge in [-0.15, -0.1) is 5.10 Å². The van der Waals surface area contributed by atoms with Crippen molar-refractivity contribution in [1.29, 1.82) is 0 Å². The van der Waals surface area contributed by atoms with Gasteiger partial charge in [-0.25, -0.2) is 14.7 Å². The number of amides is 1. The molecule has 0 saturated carbocycles. The Morgan fingerprint density at radius 1 is 1.09 bits per heavy atom. The first-order chi connectivity index (χ1) is 15.5. The van der Waals surface area contributed by atoms with Gasteiger partial charge in [0.2, 0.25) is 0 Å². The summed E-state index contributed by atoms with van der Waals surface area (Å²) in [5.74, 6) is 0.494. The number of anilines is 1. The molecule has 158 valence electrons. The number of nitrogens with one attached hydrogen (secondary N) is 2. The van der Waals surface area contributed by atoms with Gasteiger partial charge in [-0.3, -0.25) is 9.55 Å². The third-order valence-electron chi connectivity index (χ3n) is 4.77. The second kappa shape index (κ2) is 7.88. The highest BCUT2D eigenvalue weighted by molar-refractivity contribution is 5.98. The molecule has 0 aliphatic rings. The van der Waals surface area contributed by atoms with Crippen LogP contribution in [0.5, 0.6) is 11.5 Å². The zero-order valence-corrected chi connectivity index (χ0v) is 16.9. The molecule has 0 unspecified atom stereocenters. The Bertz CT molecular complexity index is 1500. The van der Waals surface area contributed by atoms with Gasteiger partial charge in [0, 0.05) is 29.5 Å². The molecule has 2 aromatic carbocycles. The summed E-state index contributed by atoms with van der Waals surface area (Å²) >= 11 is 0. The SMILES string of the molecule is Cc1cccc(NC(=O)n2ccc3cc(Oc4ccnc(-c5n[nH]c(=O)o5)c4)ccc32)c1. The number of rotatable bonds is 4. The monoisotopic (exact) mass is 427 g/mol. The van der Waals surface area contributed by atoms with Crippen LogP contribution in [0.25, 0.3) is 22.5 Å². The Morgan fingerprint density at radius 3 is 2.78 bits per heavy atom. The van der Waals surface area contributed by atoms with Crippen molar-refractivity contribution in [3.05, 3.63) is 89.2 Å². The highest BCUT2D eigenvalue weighted by Gasteiger charge is 2.12. The summed E-state index contributed by atoms with van der Waals surface area (Å²) in [5, 5.41) is 9.71. The number of hydrogen-bond donors (Lipinski definition) is 2. The van der Waals surface area contributed by atoms with Gasteiger partial charge in [0.05, 0.1) is 5.52 Å². The number of ether oxygens (including phenoxy) is 1. The van der Waals surface area contributed by atoms with Crippen LogP contribution in [-0.2, 0) is 0 Å². The van der Waals surface area contributed by atoms with Crippen LogP contribution < -0.4 is 15.8 Å². The summed E-state index contributed by atoms with van der Waals surface area (Å²) in [6, 6.07) is 17.9. The first-order valence-corrected chi connectivity index (χ1v) is 9.74. The van der Waals surface area contributed by atoms with Gasteiger partial charge in [0.25, 0.3) is 5.89 Å². The second-order valence-electron chi connectivity index (χ2n) is 7.10. The van der Waals surface area contributed by atoms with E-state index in [0.717, 1.165) is 22.2 Å². The molecule has 0 fully saturated rings. The lowest BCUT2D eigenvalue weighted by Gasteiger charge is -2.09. The van der Waals surface area contributed by atoms with Crippen LogP contribution in [0.15, 0.2) is 82.3 Å². The maximum Gasteiger partial charge on any atom is 0.434 e. The molecule has 9 heteroatoms. The van der Waals surface area contributed by atoms with Crippen LogP contribution in [0.4, 0.5) is 10.5 Å². The third kappa shape index (κ3) is 3.86. The lowest BCUT2D eigenvalue weighted by molar-refractivity contribution is 0.254. The van der Waals surface area contributed by atoms with Crippen LogP contribution in [0.2, 0.25) is 0 Å². The van der Waals surface area contributed by atoms with Gasteiger partial charge in [-0.2, -0.15) is 0 Å². The number of nitrogens with zero attached hydrogens (tertiary/aromatic N) is 3. The number of pyridine rings is 1. The number of aromatic nitrogens is 4. The minimum Gasteiger partial charge on any atom is -0.457 e. The van der Waals surface area contributed by atoms with Crippen LogP contribution in [-0.4, -0.2) is 25.8 Å². The van der Waals surface area contributed by atoms with E-state index in [1.807, 2.05) is 49.4 Å². The van der Waals surface area contributed by atoms with Crippen LogP contribution >= 0.6 is 0 Å². The van der Waals surface area contributed by atoms with Crippen molar-refractivity contribution in [1.82, 2.24) is 19.7 Å². The Kier molecular flexibility index (Phi) is 4.75. The zero-order valence-electron chi connectivity index (χ0n) is 16.9. The van der Waals surface area contributed by atoms with Crippen molar-refractivity contribution in [3.8, 4) is 23.1 Å². The second-order valence-corrected chi connectivity index (χ2v) is 7.10. The van der Waals surface area contributed by atoms with E-state index >= 15 is 0 Å². The summed E-state index contributed by atoms with van der Waals surface area (Å²) in [7, 11) is 0. The summed E-state index contributed by atoms with van der Waals surface area (Å²) < 4.78 is 12.4. The number of benzene rings is 2. The van der Waals surface area contributed by atoms with E-state index in [0.29, 0.717) is 17.2 Å². The molecule has 0 bridgehead atoms. The molecule has 3 heterocycles. The molecule has 2 N–H and O–H groups in total. The number of hydrogen-bond acceptors (Lipinski definition) is 6. The quantitative estimate of drug-likeness (QED) is 0.434. The Labute approximate surface area is 181 Å². The van der Waals surface area contributed by atoms with Crippen molar-refractivity contribution in [2.75, 3.05) is 5.32 Å². The number of carbonyl (C=O) groups is 1. The van der Waals surface area contributed by atoms with Crippen LogP contribution in [0.1, 0.15) is 5.56 Å². The number of fused-ring (bicyclic) bond motifs is 1. The van der Waals surface area contributed by atoms with Crippen molar-refractivity contribution in [2.45, 2.75) is 6.92 Å². The molecule has 9 nitrogen and oxygen atoms in total. The molecule has 0 spiro atoms. The standard InChI is InChI=1S/C23H17N5O4/c1-14-3-2-4-16(11-14)25-22(29)28-10-8-15-12-17(5-6-20(15)28)31-18-7-9-24-19(13-18)21-26-27-23(30)32-21/h2-13H,1H3,(H,25,29)(H,27,30). The van der Waals surface area contributed by atoms with Crippen LogP contribution in [0, 0.1) is 6.92 Å². The average Bonchev–Trinajstić information content (AvgIpc) is 3.40. The van der Waals surface area contributed by atoms with Crippen molar-refractivity contribution < 1.29 is 13.9 Å². The molecule has 0 saturated heterocycles. The van der Waals surface area contributed by atoms with E-state index in [4.69, 9.17) is 9.15 Å². The predicted octanol–water partition coefficient (Wildman–Crippen LogP) is 4.56. The number of aryl methyl sites for hydroxylation is 1. The fraction of sp³-hybridized carbons (Fsp3) is 0.0435. The summed E-state index contributed by atoms with van der Waals surface area (Å²) in [5.41, 5.74) is 2.91. The molecular formula is C23H17N5O4. The maximum atomic E-state index is 12.7. The Hall–Kier alpha value is -4.66. The smallest absolute Gasteiger partial charge is 0.434 e. The minimum atomic E-state index is -0.658. The molecule has 0 aliphatic carbocycles. The first kappa shape index (κ1) is 19.3.